The molecule has 4 N–H and O–H groups in total. The molecule has 0 aromatic rings. The van der Waals surface area contributed by atoms with E-state index in [9.17, 15) is 39.3 Å². The van der Waals surface area contributed by atoms with E-state index in [2.05, 4.69) is 43.6 Å². The molecular weight excluding hydrogens is 953 g/mol. The van der Waals surface area contributed by atoms with Gasteiger partial charge in [-0.3, -0.25) is 23.8 Å². The van der Waals surface area contributed by atoms with Gasteiger partial charge in [0.05, 0.1) is 75.1 Å². The minimum atomic E-state index is -1.24. The molecule has 436 valence electrons. The first kappa shape index (κ1) is 69.6. The van der Waals surface area contributed by atoms with Crippen molar-refractivity contribution >= 4 is 29.8 Å². The minimum absolute atomic E-state index is 0.0266. The summed E-state index contributed by atoms with van der Waals surface area (Å²) < 4.78 is 11.2. The number of nitrogens with zero attached hydrogens (tertiary/aromatic N) is 5. The Morgan fingerprint density at radius 3 is 1.37 bits per heavy atom. The van der Waals surface area contributed by atoms with Gasteiger partial charge in [0.25, 0.3) is 0 Å². The fraction of sp³-hybridized carbons (Fsp3) is 0.847. The van der Waals surface area contributed by atoms with Gasteiger partial charge in [-0.15, -0.1) is 5.43 Å². The van der Waals surface area contributed by atoms with E-state index in [0.717, 1.165) is 77.0 Å². The zero-order chi connectivity index (χ0) is 55.8. The lowest BCUT2D eigenvalue weighted by molar-refractivity contribution is -1.12. The van der Waals surface area contributed by atoms with Gasteiger partial charge in [-0.1, -0.05) is 154 Å². The second-order valence-corrected chi connectivity index (χ2v) is 23.3. The van der Waals surface area contributed by atoms with Crippen molar-refractivity contribution in [3.8, 4) is 0 Å². The summed E-state index contributed by atoms with van der Waals surface area (Å²) in [6, 6.07) is -1.14. The van der Waals surface area contributed by atoms with Gasteiger partial charge < -0.3 is 29.3 Å². The highest BCUT2D eigenvalue weighted by Gasteiger charge is 2.54. The van der Waals surface area contributed by atoms with Crippen molar-refractivity contribution in [2.45, 2.75) is 225 Å². The van der Waals surface area contributed by atoms with E-state index in [-0.39, 0.29) is 80.8 Å². The van der Waals surface area contributed by atoms with E-state index in [0.29, 0.717) is 6.42 Å². The maximum atomic E-state index is 14.3. The highest BCUT2D eigenvalue weighted by atomic mass is 16.5. The molecule has 0 amide bonds. The predicted molar refractivity (Wildman–Crippen MR) is 302 cm³/mol. The molecule has 1 aliphatic rings. The Morgan fingerprint density at radius 2 is 0.960 bits per heavy atom. The number of quaternary nitrogens is 3. The fourth-order valence-electron chi connectivity index (χ4n) is 10.5. The predicted octanol–water partition coefficient (Wildman–Crippen LogP) is 10.6. The molecule has 1 aliphatic heterocycles. The Hall–Kier alpha value is -3.41. The van der Waals surface area contributed by atoms with Gasteiger partial charge in [0.2, 0.25) is 6.17 Å². The fourth-order valence-corrected chi connectivity index (χ4v) is 10.5. The van der Waals surface area contributed by atoms with Gasteiger partial charge in [-0.25, -0.2) is 14.5 Å². The van der Waals surface area contributed by atoms with Crippen molar-refractivity contribution in [3.05, 3.63) is 24.3 Å². The van der Waals surface area contributed by atoms with Crippen LogP contribution in [0.5, 0.6) is 0 Å². The lowest BCUT2D eigenvalue weighted by Gasteiger charge is -2.48. The van der Waals surface area contributed by atoms with Crippen molar-refractivity contribution in [1.82, 2.24) is 15.2 Å². The van der Waals surface area contributed by atoms with Crippen LogP contribution in [0.1, 0.15) is 206 Å². The SMILES string of the molecule is CCCCCCCC/C=C\CCCCCCCCOC(=O)CC[C@H](N[N+]1(C(C(=O)O)[N+](C)(C)C)CCN(CC(=O)O)CCN(C(C(=O)O)[N+](C)(C)C)CC1)C(=O)OCCCCCCCC/C=C\CCCCCCCC. The van der Waals surface area contributed by atoms with Gasteiger partial charge in [0.15, 0.2) is 6.04 Å². The summed E-state index contributed by atoms with van der Waals surface area (Å²) in [4.78, 5) is 69.8. The molecule has 0 spiro atoms. The van der Waals surface area contributed by atoms with Crippen molar-refractivity contribution in [1.29, 1.82) is 0 Å². The molecule has 1 saturated heterocycles. The molecule has 1 fully saturated rings. The summed E-state index contributed by atoms with van der Waals surface area (Å²) in [5.41, 5.74) is 3.44. The Balaban J connectivity index is 3.12. The Kier molecular flexibility index (Phi) is 38.7. The van der Waals surface area contributed by atoms with E-state index < -0.39 is 52.8 Å². The van der Waals surface area contributed by atoms with Crippen LogP contribution in [0.2, 0.25) is 0 Å². The van der Waals surface area contributed by atoms with Gasteiger partial charge in [-0.2, -0.15) is 4.59 Å². The number of likely N-dealkylation sites (N-methyl/N-ethyl adjacent to an activating group) is 2. The highest BCUT2D eigenvalue weighted by Crippen LogP contribution is 2.24. The Morgan fingerprint density at radius 1 is 0.533 bits per heavy atom. The standard InChI is InChI=1S/C59H110N6O10/c1-9-11-13-15-17-19-21-23-25-27-29-31-33-35-37-39-49-74-54(68)42-41-52(59(73)75-50-40-38-36-34-32-30-28-26-24-22-20-18-16-14-12-10-2)60-65(56(58(71)72)64(6,7)8)47-45-61(51-53(66)67)43-44-62(46-48-65)55(57(69)70)63(3,4)5/h23-26,52,55-56,60H,9-22,27-51H2,1-8H3/p+3/b25-23-,26-24-/t52-,55?,56?,65?/m0/s1. The molecule has 0 aliphatic carbocycles. The zero-order valence-electron chi connectivity index (χ0n) is 49.1. The second-order valence-electron chi connectivity index (χ2n) is 23.3. The third-order valence-electron chi connectivity index (χ3n) is 14.5. The monoisotopic (exact) mass is 1070 g/mol. The third-order valence-corrected chi connectivity index (χ3v) is 14.5. The van der Waals surface area contributed by atoms with Crippen LogP contribution in [0.3, 0.4) is 0 Å². The molecular formula is C59H113N6O10+3. The number of hydrogen-bond donors (Lipinski definition) is 4. The molecule has 1 rings (SSSR count). The first-order valence-corrected chi connectivity index (χ1v) is 29.8. The lowest BCUT2D eigenvalue weighted by atomic mass is 10.1. The smallest absolute Gasteiger partial charge is 0.425 e. The van der Waals surface area contributed by atoms with Gasteiger partial charge in [-0.05, 0) is 70.6 Å². The molecule has 3 unspecified atom stereocenters. The Bertz CT molecular complexity index is 1600. The quantitative estimate of drug-likeness (QED) is 0.0196. The molecule has 75 heavy (non-hydrogen) atoms. The number of aliphatic carboxylic acids is 3. The van der Waals surface area contributed by atoms with Crippen LogP contribution in [-0.4, -0.2) is 188 Å². The molecule has 0 aromatic heterocycles. The summed E-state index contributed by atoms with van der Waals surface area (Å²) >= 11 is 0. The maximum absolute atomic E-state index is 14.3. The summed E-state index contributed by atoms with van der Waals surface area (Å²) in [5, 5.41) is 31.6. The van der Waals surface area contributed by atoms with Crippen molar-refractivity contribution < 1.29 is 62.3 Å². The zero-order valence-corrected chi connectivity index (χ0v) is 49.1. The number of ether oxygens (including phenoxy) is 2. The molecule has 0 radical (unpaired) electrons. The molecule has 0 saturated carbocycles. The van der Waals surface area contributed by atoms with Crippen LogP contribution in [0.25, 0.3) is 0 Å². The lowest BCUT2D eigenvalue weighted by Crippen LogP contribution is -2.78. The summed E-state index contributed by atoms with van der Waals surface area (Å²) in [5.74, 6) is -4.36. The van der Waals surface area contributed by atoms with E-state index in [1.165, 1.54) is 96.3 Å². The average Bonchev–Trinajstić information content (AvgIpc) is 3.40. The van der Waals surface area contributed by atoms with Gasteiger partial charge in [0, 0.05) is 19.5 Å². The molecule has 1 heterocycles. The first-order chi connectivity index (χ1) is 35.8. The van der Waals surface area contributed by atoms with Gasteiger partial charge >= 0.3 is 36.0 Å². The number of esters is 2. The molecule has 4 atom stereocenters. The third kappa shape index (κ3) is 33.5. The number of carboxylic acids is 3. The highest BCUT2D eigenvalue weighted by molar-refractivity contribution is 5.77. The van der Waals surface area contributed by atoms with E-state index in [4.69, 9.17) is 9.47 Å². The van der Waals surface area contributed by atoms with E-state index in [1.807, 2.05) is 0 Å². The molecule has 0 bridgehead atoms. The van der Waals surface area contributed by atoms with Crippen LogP contribution in [0.4, 0.5) is 0 Å². The number of carbonyl (C=O) groups is 5. The number of unbranched alkanes of at least 4 members (excludes halogenated alkanes) is 24. The topological polar surface area (TPSA) is 183 Å². The largest absolute Gasteiger partial charge is 0.480 e. The molecule has 0 aromatic carbocycles. The van der Waals surface area contributed by atoms with Crippen LogP contribution in [-0.2, 0) is 33.4 Å². The number of carbonyl (C=O) groups excluding carboxylic acids is 2. The van der Waals surface area contributed by atoms with E-state index in [1.54, 1.807) is 52.1 Å². The second kappa shape index (κ2) is 41.7. The van der Waals surface area contributed by atoms with E-state index >= 15 is 0 Å². The normalized spacial score (nSPS) is 17.6. The molecule has 16 heteroatoms. The summed E-state index contributed by atoms with van der Waals surface area (Å²) in [7, 11) is 10.6. The minimum Gasteiger partial charge on any atom is -0.480 e. The number of rotatable bonds is 46. The average molecular weight is 1070 g/mol. The number of nitrogens with one attached hydrogen (secondary N) is 1. The van der Waals surface area contributed by atoms with Crippen LogP contribution in [0, 0.1) is 0 Å². The van der Waals surface area contributed by atoms with Crippen molar-refractivity contribution in [2.24, 2.45) is 0 Å². The van der Waals surface area contributed by atoms with Crippen LogP contribution in [0.15, 0.2) is 24.3 Å². The number of carboxylic acid groups (broad SMARTS) is 3. The molecule has 16 nitrogen and oxygen atoms in total. The summed E-state index contributed by atoms with van der Waals surface area (Å²) in [6.07, 6.45) is 39.4. The Labute approximate surface area is 456 Å². The van der Waals surface area contributed by atoms with Crippen molar-refractivity contribution in [3.63, 3.8) is 0 Å². The van der Waals surface area contributed by atoms with Gasteiger partial charge in [0.1, 0.15) is 13.1 Å². The number of hydrogen-bond acceptors (Lipinski definition) is 10. The first-order valence-electron chi connectivity index (χ1n) is 29.8. The van der Waals surface area contributed by atoms with Crippen LogP contribution < -0.4 is 5.43 Å². The van der Waals surface area contributed by atoms with Crippen LogP contribution >= 0.6 is 0 Å². The number of allylic oxidation sites excluding steroid dienone is 4. The summed E-state index contributed by atoms with van der Waals surface area (Å²) in [6.45, 7) is 5.39. The van der Waals surface area contributed by atoms with Crippen molar-refractivity contribution in [2.75, 3.05) is 101 Å². The maximum Gasteiger partial charge on any atom is 0.425 e.